The Morgan fingerprint density at radius 3 is 2.57 bits per heavy atom. The number of hydrogen-bond acceptors (Lipinski definition) is 6. The Balaban J connectivity index is 1.87. The van der Waals surface area contributed by atoms with Crippen LogP contribution in [0.3, 0.4) is 0 Å². The summed E-state index contributed by atoms with van der Waals surface area (Å²) >= 11 is 0. The van der Waals surface area contributed by atoms with Crippen LogP contribution in [0.15, 0.2) is 35.4 Å². The van der Waals surface area contributed by atoms with Gasteiger partial charge in [0.05, 0.1) is 0 Å². The van der Waals surface area contributed by atoms with Gasteiger partial charge in [-0.2, -0.15) is 0 Å². The molecule has 6 nitrogen and oxygen atoms in total. The van der Waals surface area contributed by atoms with Crippen LogP contribution >= 0.6 is 0 Å². The van der Waals surface area contributed by atoms with Gasteiger partial charge in [0.15, 0.2) is 11.6 Å². The highest BCUT2D eigenvalue weighted by atomic mass is 16.5. The number of allylic oxidation sites excluding steroid dienone is 1. The second kappa shape index (κ2) is 7.70. The van der Waals surface area contributed by atoms with Gasteiger partial charge in [0, 0.05) is 43.2 Å². The lowest BCUT2D eigenvalue weighted by Crippen LogP contribution is -2.36. The highest BCUT2D eigenvalue weighted by Crippen LogP contribution is 2.52. The topological polar surface area (TPSA) is 86.7 Å². The van der Waals surface area contributed by atoms with E-state index in [4.69, 9.17) is 9.47 Å². The Bertz CT molecular complexity index is 881. The smallest absolute Gasteiger partial charge is 0.308 e. The number of Topliss-reactive ketones (excluding diaryl/α,β-unsaturated/α-hetero) is 2. The van der Waals surface area contributed by atoms with Gasteiger partial charge < -0.3 is 9.47 Å². The van der Waals surface area contributed by atoms with E-state index in [2.05, 4.69) is 0 Å². The highest BCUT2D eigenvalue weighted by Gasteiger charge is 2.49. The summed E-state index contributed by atoms with van der Waals surface area (Å²) < 4.78 is 10.5. The number of carbonyl (C=O) groups excluding carboxylic acids is 4. The van der Waals surface area contributed by atoms with Crippen molar-refractivity contribution in [3.63, 3.8) is 0 Å². The third-order valence-electron chi connectivity index (χ3n) is 5.69. The van der Waals surface area contributed by atoms with Crippen LogP contribution < -0.4 is 4.74 Å². The number of hydrogen-bond donors (Lipinski definition) is 0. The minimum Gasteiger partial charge on any atom is -0.462 e. The Morgan fingerprint density at radius 1 is 1.14 bits per heavy atom. The van der Waals surface area contributed by atoms with E-state index >= 15 is 0 Å². The first kappa shape index (κ1) is 20.0. The van der Waals surface area contributed by atoms with Crippen LogP contribution in [0.4, 0.5) is 0 Å². The third kappa shape index (κ3) is 3.91. The number of ketones is 2. The van der Waals surface area contributed by atoms with Gasteiger partial charge in [-0.05, 0) is 31.4 Å². The lowest BCUT2D eigenvalue weighted by Gasteiger charge is -2.36. The molecule has 2 atom stereocenters. The molecular weight excluding hydrogens is 360 g/mol. The Kier molecular flexibility index (Phi) is 5.49. The maximum absolute atomic E-state index is 12.8. The SMILES string of the molecule is CC(=O)Oc1cccc(C(=O)CC2=C3CC[C@H](OC(C)=O)[C@@]3(C)CCC2=O)c1. The molecular formula is C22H24O6. The molecule has 6 heteroatoms. The maximum Gasteiger partial charge on any atom is 0.308 e. The number of ether oxygens (including phenoxy) is 2. The van der Waals surface area contributed by atoms with Crippen molar-refractivity contribution >= 4 is 23.5 Å². The van der Waals surface area contributed by atoms with E-state index in [-0.39, 0.29) is 30.1 Å². The third-order valence-corrected chi connectivity index (χ3v) is 5.69. The molecule has 0 aliphatic heterocycles. The number of fused-ring (bicyclic) bond motifs is 1. The lowest BCUT2D eigenvalue weighted by molar-refractivity contribution is -0.150. The van der Waals surface area contributed by atoms with E-state index in [0.29, 0.717) is 42.6 Å². The van der Waals surface area contributed by atoms with Crippen LogP contribution in [0.1, 0.15) is 63.2 Å². The zero-order valence-electron chi connectivity index (χ0n) is 16.4. The predicted octanol–water partition coefficient (Wildman–Crippen LogP) is 3.58. The Hall–Kier alpha value is -2.76. The molecule has 0 aromatic heterocycles. The molecule has 0 radical (unpaired) electrons. The summed E-state index contributed by atoms with van der Waals surface area (Å²) in [4.78, 5) is 48.0. The van der Waals surface area contributed by atoms with Crippen LogP contribution in [0.2, 0.25) is 0 Å². The van der Waals surface area contributed by atoms with Gasteiger partial charge in [0.25, 0.3) is 0 Å². The first-order valence-corrected chi connectivity index (χ1v) is 9.45. The largest absolute Gasteiger partial charge is 0.462 e. The van der Waals surface area contributed by atoms with E-state index in [1.165, 1.54) is 19.9 Å². The second-order valence-corrected chi connectivity index (χ2v) is 7.66. The molecule has 1 fully saturated rings. The predicted molar refractivity (Wildman–Crippen MR) is 101 cm³/mol. The minimum atomic E-state index is -0.463. The van der Waals surface area contributed by atoms with Gasteiger partial charge in [0.2, 0.25) is 0 Å². The van der Waals surface area contributed by atoms with Crippen molar-refractivity contribution < 1.29 is 28.7 Å². The summed E-state index contributed by atoms with van der Waals surface area (Å²) in [6.07, 6.45) is 2.02. The van der Waals surface area contributed by atoms with Gasteiger partial charge in [-0.1, -0.05) is 24.6 Å². The molecule has 0 bridgehead atoms. The van der Waals surface area contributed by atoms with E-state index in [1.807, 2.05) is 6.92 Å². The maximum atomic E-state index is 12.8. The fraction of sp³-hybridized carbons (Fsp3) is 0.455. The van der Waals surface area contributed by atoms with E-state index < -0.39 is 11.4 Å². The fourth-order valence-electron chi connectivity index (χ4n) is 4.33. The molecule has 0 saturated heterocycles. The summed E-state index contributed by atoms with van der Waals surface area (Å²) in [6, 6.07) is 6.40. The average Bonchev–Trinajstić information content (AvgIpc) is 2.94. The van der Waals surface area contributed by atoms with Crippen LogP contribution in [0, 0.1) is 5.41 Å². The zero-order chi connectivity index (χ0) is 20.5. The van der Waals surface area contributed by atoms with Gasteiger partial charge in [0.1, 0.15) is 11.9 Å². The van der Waals surface area contributed by atoms with Crippen LogP contribution in [-0.4, -0.2) is 29.6 Å². The first-order valence-electron chi connectivity index (χ1n) is 9.45. The summed E-state index contributed by atoms with van der Waals surface area (Å²) in [5.74, 6) is -0.711. The molecule has 148 valence electrons. The number of rotatable bonds is 5. The zero-order valence-corrected chi connectivity index (χ0v) is 16.4. The van der Waals surface area contributed by atoms with Crippen LogP contribution in [0.5, 0.6) is 5.75 Å². The molecule has 0 heterocycles. The van der Waals surface area contributed by atoms with E-state index in [0.717, 1.165) is 5.57 Å². The molecule has 2 aliphatic rings. The molecule has 1 saturated carbocycles. The summed E-state index contributed by atoms with van der Waals surface area (Å²) in [5, 5.41) is 0. The van der Waals surface area contributed by atoms with Gasteiger partial charge in [-0.3, -0.25) is 19.2 Å². The van der Waals surface area contributed by atoms with Crippen LogP contribution in [0.25, 0.3) is 0 Å². The van der Waals surface area contributed by atoms with Crippen molar-refractivity contribution in [2.24, 2.45) is 5.41 Å². The van der Waals surface area contributed by atoms with Crippen molar-refractivity contribution in [2.45, 2.75) is 59.0 Å². The molecule has 1 aromatic carbocycles. The molecule has 0 amide bonds. The summed E-state index contributed by atoms with van der Waals surface area (Å²) in [7, 11) is 0. The fourth-order valence-corrected chi connectivity index (χ4v) is 4.33. The van der Waals surface area contributed by atoms with Crippen LogP contribution in [-0.2, 0) is 19.1 Å². The molecule has 28 heavy (non-hydrogen) atoms. The van der Waals surface area contributed by atoms with Crippen molar-refractivity contribution in [3.05, 3.63) is 41.0 Å². The molecule has 0 spiro atoms. The Morgan fingerprint density at radius 2 is 1.89 bits per heavy atom. The van der Waals surface area contributed by atoms with Crippen molar-refractivity contribution in [1.82, 2.24) is 0 Å². The normalized spacial score (nSPS) is 24.0. The second-order valence-electron chi connectivity index (χ2n) is 7.66. The van der Waals surface area contributed by atoms with Gasteiger partial charge in [-0.15, -0.1) is 0 Å². The van der Waals surface area contributed by atoms with E-state index in [1.54, 1.807) is 18.2 Å². The van der Waals surface area contributed by atoms with E-state index in [9.17, 15) is 19.2 Å². The summed E-state index contributed by atoms with van der Waals surface area (Å²) in [6.45, 7) is 4.70. The number of carbonyl (C=O) groups is 4. The molecule has 3 rings (SSSR count). The van der Waals surface area contributed by atoms with Crippen molar-refractivity contribution in [3.8, 4) is 5.75 Å². The van der Waals surface area contributed by atoms with Crippen molar-refractivity contribution in [1.29, 1.82) is 0 Å². The van der Waals surface area contributed by atoms with Gasteiger partial charge >= 0.3 is 11.9 Å². The molecule has 0 unspecified atom stereocenters. The number of esters is 2. The molecule has 0 N–H and O–H groups in total. The lowest BCUT2D eigenvalue weighted by atomic mass is 9.70. The highest BCUT2D eigenvalue weighted by molar-refractivity contribution is 6.07. The first-order chi connectivity index (χ1) is 13.2. The standard InChI is InChI=1S/C22H24O6/c1-13(23)27-16-6-4-5-15(11-16)20(26)12-17-18-7-8-21(28-14(2)24)22(18,3)10-9-19(17)25/h4-6,11,21H,7-10,12H2,1-3H3/t21-,22-/m0/s1. The monoisotopic (exact) mass is 384 g/mol. The average molecular weight is 384 g/mol. The molecule has 1 aromatic rings. The quantitative estimate of drug-likeness (QED) is 0.438. The number of benzene rings is 1. The van der Waals surface area contributed by atoms with Crippen molar-refractivity contribution in [2.75, 3.05) is 0 Å². The Labute approximate surface area is 163 Å². The minimum absolute atomic E-state index is 0.0000723. The summed E-state index contributed by atoms with van der Waals surface area (Å²) in [5.41, 5.74) is 1.49. The molecule has 2 aliphatic carbocycles. The van der Waals surface area contributed by atoms with Gasteiger partial charge in [-0.25, -0.2) is 0 Å².